The predicted octanol–water partition coefficient (Wildman–Crippen LogP) is 2.73. The van der Waals surface area contributed by atoms with Crippen LogP contribution in [-0.4, -0.2) is 40.9 Å². The summed E-state index contributed by atoms with van der Waals surface area (Å²) in [6.07, 6.45) is 4.60. The van der Waals surface area contributed by atoms with E-state index in [9.17, 15) is 9.59 Å². The van der Waals surface area contributed by atoms with E-state index >= 15 is 0 Å². The Hall–Kier alpha value is -1.21. The van der Waals surface area contributed by atoms with Crippen LogP contribution >= 0.6 is 27.7 Å². The lowest BCUT2D eigenvalue weighted by Crippen LogP contribution is -2.50. The molecule has 2 rings (SSSR count). The molecule has 0 unspecified atom stereocenters. The first kappa shape index (κ1) is 18.1. The zero-order valence-corrected chi connectivity index (χ0v) is 15.5. The number of hydrogen-bond acceptors (Lipinski definition) is 3. The lowest BCUT2D eigenvalue weighted by Gasteiger charge is -2.28. The summed E-state index contributed by atoms with van der Waals surface area (Å²) in [5.41, 5.74) is 6.30. The molecule has 1 saturated carbocycles. The Balaban J connectivity index is 2.10. The lowest BCUT2D eigenvalue weighted by molar-refractivity contribution is -0.134. The van der Waals surface area contributed by atoms with E-state index in [0.29, 0.717) is 13.0 Å². The van der Waals surface area contributed by atoms with E-state index in [1.54, 1.807) is 11.8 Å². The third kappa shape index (κ3) is 5.73. The zero-order chi connectivity index (χ0) is 16.8. The molecule has 3 amide bonds. The van der Waals surface area contributed by atoms with Crippen LogP contribution in [0.2, 0.25) is 0 Å². The Morgan fingerprint density at radius 3 is 2.78 bits per heavy atom. The SMILES string of the molecule is CSCC[C@H](NC(N)=O)C(=O)N(Cc1cccc(Br)c1)C1CC1. The fourth-order valence-electron chi connectivity index (χ4n) is 2.47. The first-order chi connectivity index (χ1) is 11.0. The summed E-state index contributed by atoms with van der Waals surface area (Å²) < 4.78 is 0.993. The molecule has 0 heterocycles. The van der Waals surface area contributed by atoms with Gasteiger partial charge in [-0.15, -0.1) is 0 Å². The molecule has 1 aliphatic rings. The van der Waals surface area contributed by atoms with Gasteiger partial charge in [-0.3, -0.25) is 4.79 Å². The van der Waals surface area contributed by atoms with E-state index in [0.717, 1.165) is 28.6 Å². The van der Waals surface area contributed by atoms with Crippen molar-refractivity contribution in [2.24, 2.45) is 5.73 Å². The van der Waals surface area contributed by atoms with E-state index in [1.807, 2.05) is 35.4 Å². The van der Waals surface area contributed by atoms with Gasteiger partial charge in [-0.1, -0.05) is 28.1 Å². The molecular formula is C16H22BrN3O2S. The van der Waals surface area contributed by atoms with E-state index in [4.69, 9.17) is 5.73 Å². The molecule has 126 valence electrons. The van der Waals surface area contributed by atoms with Crippen LogP contribution in [0.3, 0.4) is 0 Å². The van der Waals surface area contributed by atoms with E-state index in [2.05, 4.69) is 21.2 Å². The molecule has 0 radical (unpaired) electrons. The smallest absolute Gasteiger partial charge is 0.312 e. The van der Waals surface area contributed by atoms with E-state index < -0.39 is 12.1 Å². The predicted molar refractivity (Wildman–Crippen MR) is 97.2 cm³/mol. The van der Waals surface area contributed by atoms with Gasteiger partial charge in [0.1, 0.15) is 6.04 Å². The van der Waals surface area contributed by atoms with E-state index in [1.165, 1.54) is 0 Å². The van der Waals surface area contributed by atoms with Crippen LogP contribution in [0.1, 0.15) is 24.8 Å². The zero-order valence-electron chi connectivity index (χ0n) is 13.1. The van der Waals surface area contributed by atoms with Crippen molar-refractivity contribution in [3.63, 3.8) is 0 Å². The summed E-state index contributed by atoms with van der Waals surface area (Å²) in [6.45, 7) is 0.555. The van der Waals surface area contributed by atoms with Gasteiger partial charge >= 0.3 is 6.03 Å². The summed E-state index contributed by atoms with van der Waals surface area (Å²) in [4.78, 5) is 26.0. The highest BCUT2D eigenvalue weighted by molar-refractivity contribution is 9.10. The van der Waals surface area contributed by atoms with E-state index in [-0.39, 0.29) is 11.9 Å². The number of carbonyl (C=O) groups is 2. The maximum atomic E-state index is 12.9. The van der Waals surface area contributed by atoms with Crippen LogP contribution in [0.15, 0.2) is 28.7 Å². The highest BCUT2D eigenvalue weighted by Crippen LogP contribution is 2.29. The molecular weight excluding hydrogens is 378 g/mol. The van der Waals surface area contributed by atoms with Crippen molar-refractivity contribution in [2.45, 2.75) is 37.9 Å². The molecule has 1 atom stereocenters. The van der Waals surface area contributed by atoms with Gasteiger partial charge in [0.15, 0.2) is 0 Å². The summed E-state index contributed by atoms with van der Waals surface area (Å²) in [5.74, 6) is 0.756. The maximum Gasteiger partial charge on any atom is 0.312 e. The number of nitrogens with one attached hydrogen (secondary N) is 1. The Morgan fingerprint density at radius 1 is 1.48 bits per heavy atom. The molecule has 7 heteroatoms. The number of amides is 3. The van der Waals surface area contributed by atoms with Crippen molar-refractivity contribution < 1.29 is 9.59 Å². The third-order valence-corrected chi connectivity index (χ3v) is 4.88. The molecule has 0 bridgehead atoms. The van der Waals surface area contributed by atoms with Crippen LogP contribution in [-0.2, 0) is 11.3 Å². The minimum absolute atomic E-state index is 0.0414. The molecule has 0 saturated heterocycles. The van der Waals surface area contributed by atoms with Crippen molar-refractivity contribution in [1.29, 1.82) is 0 Å². The minimum Gasteiger partial charge on any atom is -0.352 e. The number of halogens is 1. The summed E-state index contributed by atoms with van der Waals surface area (Å²) in [5, 5.41) is 2.60. The second kappa shape index (κ2) is 8.59. The standard InChI is InChI=1S/C16H22BrN3O2S/c1-23-8-7-14(19-16(18)22)15(21)20(13-5-6-13)10-11-3-2-4-12(17)9-11/h2-4,9,13-14H,5-8,10H2,1H3,(H3,18,19,22)/t14-/m0/s1. The van der Waals surface area contributed by atoms with Crippen LogP contribution in [0.4, 0.5) is 4.79 Å². The number of thioether (sulfide) groups is 1. The number of urea groups is 1. The molecule has 1 fully saturated rings. The average molecular weight is 400 g/mol. The van der Waals surface area contributed by atoms with Crippen molar-refractivity contribution in [3.05, 3.63) is 34.3 Å². The fourth-order valence-corrected chi connectivity index (χ4v) is 3.39. The quantitative estimate of drug-likeness (QED) is 0.705. The van der Waals surface area contributed by atoms with Gasteiger partial charge in [-0.2, -0.15) is 11.8 Å². The average Bonchev–Trinajstić information content (AvgIpc) is 3.33. The second-order valence-corrected chi connectivity index (χ2v) is 7.57. The fraction of sp³-hybridized carbons (Fsp3) is 0.500. The van der Waals surface area contributed by atoms with Crippen LogP contribution < -0.4 is 11.1 Å². The molecule has 0 spiro atoms. The van der Waals surface area contributed by atoms with Crippen molar-refractivity contribution in [2.75, 3.05) is 12.0 Å². The molecule has 5 nitrogen and oxygen atoms in total. The number of carbonyl (C=O) groups excluding carboxylic acids is 2. The number of nitrogens with two attached hydrogens (primary N) is 1. The Morgan fingerprint density at radius 2 is 2.22 bits per heavy atom. The molecule has 1 aromatic carbocycles. The number of primary amides is 1. The first-order valence-corrected chi connectivity index (χ1v) is 9.79. The van der Waals surface area contributed by atoms with Gasteiger partial charge < -0.3 is 16.0 Å². The Bertz CT molecular complexity index is 566. The number of nitrogens with zero attached hydrogens (tertiary/aromatic N) is 1. The topological polar surface area (TPSA) is 75.4 Å². The minimum atomic E-state index is -0.650. The monoisotopic (exact) mass is 399 g/mol. The maximum absolute atomic E-state index is 12.9. The molecule has 23 heavy (non-hydrogen) atoms. The van der Waals surface area contributed by atoms with Gasteiger partial charge in [0, 0.05) is 17.1 Å². The van der Waals surface area contributed by atoms with Crippen LogP contribution in [0.5, 0.6) is 0 Å². The molecule has 1 aliphatic carbocycles. The Labute approximate surface area is 149 Å². The number of rotatable bonds is 8. The first-order valence-electron chi connectivity index (χ1n) is 7.61. The highest BCUT2D eigenvalue weighted by Gasteiger charge is 2.36. The van der Waals surface area contributed by atoms with Crippen molar-refractivity contribution in [3.8, 4) is 0 Å². The highest BCUT2D eigenvalue weighted by atomic mass is 79.9. The number of benzene rings is 1. The van der Waals surface area contributed by atoms with Gasteiger partial charge in [-0.25, -0.2) is 4.79 Å². The van der Waals surface area contributed by atoms with Gasteiger partial charge in [0.05, 0.1) is 0 Å². The largest absolute Gasteiger partial charge is 0.352 e. The van der Waals surface area contributed by atoms with Crippen LogP contribution in [0, 0.1) is 0 Å². The second-order valence-electron chi connectivity index (χ2n) is 5.67. The molecule has 0 aliphatic heterocycles. The Kier molecular flexibility index (Phi) is 6.77. The summed E-state index contributed by atoms with van der Waals surface area (Å²) in [6, 6.07) is 7.01. The lowest BCUT2D eigenvalue weighted by atomic mass is 10.1. The van der Waals surface area contributed by atoms with Crippen molar-refractivity contribution >= 4 is 39.6 Å². The van der Waals surface area contributed by atoms with Crippen LogP contribution in [0.25, 0.3) is 0 Å². The normalized spacial score (nSPS) is 15.0. The summed E-state index contributed by atoms with van der Waals surface area (Å²) in [7, 11) is 0. The molecule has 1 aromatic rings. The van der Waals surface area contributed by atoms with Crippen molar-refractivity contribution in [1.82, 2.24) is 10.2 Å². The summed E-state index contributed by atoms with van der Waals surface area (Å²) >= 11 is 5.10. The van der Waals surface area contributed by atoms with Gasteiger partial charge in [-0.05, 0) is 49.0 Å². The third-order valence-electron chi connectivity index (χ3n) is 3.74. The number of hydrogen-bond donors (Lipinski definition) is 2. The van der Waals surface area contributed by atoms with Gasteiger partial charge in [0.25, 0.3) is 0 Å². The molecule has 3 N–H and O–H groups in total. The van der Waals surface area contributed by atoms with Gasteiger partial charge in [0.2, 0.25) is 5.91 Å². The molecule has 0 aromatic heterocycles.